The van der Waals surface area contributed by atoms with Crippen LogP contribution in [0.2, 0.25) is 0 Å². The molecule has 2 amide bonds. The molecule has 1 aliphatic carbocycles. The summed E-state index contributed by atoms with van der Waals surface area (Å²) in [5.41, 5.74) is 2.92. The summed E-state index contributed by atoms with van der Waals surface area (Å²) in [4.78, 5) is 38.5. The Bertz CT molecular complexity index is 1070. The number of carbonyl (C=O) groups is 3. The Balaban J connectivity index is 1.32. The SMILES string of the molecule is CC(C)(CNC(=O)OCC1c2ccccc2-c2ccccc21)CC(=O)N1CCC[C@@]1(C)C(=O)O. The van der Waals surface area contributed by atoms with E-state index in [4.69, 9.17) is 4.74 Å². The molecule has 1 fully saturated rings. The standard InChI is InChI=1S/C27H32N2O5/c1-26(2,15-23(30)29-14-8-13-27(29,3)24(31)32)17-28-25(33)34-16-22-20-11-6-4-9-18(20)19-10-5-7-12-21(19)22/h4-7,9-12,22H,8,13-17H2,1-3H3,(H,28,33)(H,31,32)/t27-/m0/s1. The number of likely N-dealkylation sites (tertiary alicyclic amines) is 1. The van der Waals surface area contributed by atoms with Gasteiger partial charge in [-0.2, -0.15) is 0 Å². The number of rotatable bonds is 7. The molecule has 1 aliphatic heterocycles. The maximum Gasteiger partial charge on any atom is 0.407 e. The van der Waals surface area contributed by atoms with Crippen molar-refractivity contribution in [3.8, 4) is 11.1 Å². The molecule has 1 saturated heterocycles. The van der Waals surface area contributed by atoms with Crippen molar-refractivity contribution < 1.29 is 24.2 Å². The minimum absolute atomic E-state index is 0.0170. The summed E-state index contributed by atoms with van der Waals surface area (Å²) < 4.78 is 5.58. The van der Waals surface area contributed by atoms with Crippen LogP contribution in [0.3, 0.4) is 0 Å². The number of nitrogens with one attached hydrogen (secondary N) is 1. The molecule has 4 rings (SSSR count). The third-order valence-corrected chi connectivity index (χ3v) is 7.09. The number of benzene rings is 2. The number of amides is 2. The van der Waals surface area contributed by atoms with Gasteiger partial charge in [0.15, 0.2) is 0 Å². The van der Waals surface area contributed by atoms with Crippen molar-refractivity contribution in [2.45, 2.75) is 51.5 Å². The highest BCUT2D eigenvalue weighted by Gasteiger charge is 2.46. The van der Waals surface area contributed by atoms with Crippen LogP contribution in [0.25, 0.3) is 11.1 Å². The Morgan fingerprint density at radius 1 is 1.09 bits per heavy atom. The predicted octanol–water partition coefficient (Wildman–Crippen LogP) is 4.41. The summed E-state index contributed by atoms with van der Waals surface area (Å²) in [6.07, 6.45) is 0.734. The zero-order chi connectivity index (χ0) is 24.5. The van der Waals surface area contributed by atoms with Crippen LogP contribution in [0.5, 0.6) is 0 Å². The number of alkyl carbamates (subject to hydrolysis) is 1. The number of hydrogen-bond donors (Lipinski definition) is 2. The predicted molar refractivity (Wildman–Crippen MR) is 128 cm³/mol. The van der Waals surface area contributed by atoms with Crippen LogP contribution in [-0.4, -0.2) is 53.2 Å². The summed E-state index contributed by atoms with van der Waals surface area (Å²) in [5.74, 6) is -1.20. The van der Waals surface area contributed by atoms with E-state index >= 15 is 0 Å². The molecule has 0 spiro atoms. The van der Waals surface area contributed by atoms with Gasteiger partial charge in [0.2, 0.25) is 5.91 Å². The van der Waals surface area contributed by atoms with Crippen LogP contribution < -0.4 is 5.32 Å². The Morgan fingerprint density at radius 2 is 1.68 bits per heavy atom. The monoisotopic (exact) mass is 464 g/mol. The summed E-state index contributed by atoms with van der Waals surface area (Å²) in [5, 5.41) is 12.4. The van der Waals surface area contributed by atoms with E-state index in [1.54, 1.807) is 6.92 Å². The molecule has 0 aromatic heterocycles. The van der Waals surface area contributed by atoms with E-state index in [-0.39, 0.29) is 31.4 Å². The number of nitrogens with zero attached hydrogens (tertiary/aromatic N) is 1. The fourth-order valence-corrected chi connectivity index (χ4v) is 5.11. The van der Waals surface area contributed by atoms with Crippen molar-refractivity contribution >= 4 is 18.0 Å². The van der Waals surface area contributed by atoms with Gasteiger partial charge in [0.1, 0.15) is 12.1 Å². The van der Waals surface area contributed by atoms with Crippen LogP contribution in [0.15, 0.2) is 48.5 Å². The van der Waals surface area contributed by atoms with Crippen molar-refractivity contribution in [3.05, 3.63) is 59.7 Å². The molecule has 7 heteroatoms. The average Bonchev–Trinajstić information content (AvgIpc) is 3.35. The quantitative estimate of drug-likeness (QED) is 0.633. The van der Waals surface area contributed by atoms with Crippen molar-refractivity contribution in [2.24, 2.45) is 5.41 Å². The minimum Gasteiger partial charge on any atom is -0.480 e. The zero-order valence-corrected chi connectivity index (χ0v) is 20.0. The number of ether oxygens (including phenoxy) is 1. The Morgan fingerprint density at radius 3 is 2.26 bits per heavy atom. The summed E-state index contributed by atoms with van der Waals surface area (Å²) in [6, 6.07) is 16.3. The highest BCUT2D eigenvalue weighted by molar-refractivity contribution is 5.87. The van der Waals surface area contributed by atoms with Gasteiger partial charge in [0.25, 0.3) is 0 Å². The molecule has 34 heavy (non-hydrogen) atoms. The van der Waals surface area contributed by atoms with Crippen LogP contribution >= 0.6 is 0 Å². The normalized spacial score (nSPS) is 19.4. The lowest BCUT2D eigenvalue weighted by Gasteiger charge is -2.34. The second kappa shape index (κ2) is 9.12. The van der Waals surface area contributed by atoms with Crippen LogP contribution in [-0.2, 0) is 14.3 Å². The molecule has 2 aromatic carbocycles. The van der Waals surface area contributed by atoms with Crippen molar-refractivity contribution in [2.75, 3.05) is 19.7 Å². The Kier molecular flexibility index (Phi) is 6.39. The van der Waals surface area contributed by atoms with Gasteiger partial charge in [-0.15, -0.1) is 0 Å². The number of carbonyl (C=O) groups excluding carboxylic acids is 2. The number of carboxylic acids is 1. The van der Waals surface area contributed by atoms with Gasteiger partial charge in [-0.25, -0.2) is 9.59 Å². The highest BCUT2D eigenvalue weighted by Crippen LogP contribution is 2.44. The lowest BCUT2D eigenvalue weighted by molar-refractivity contribution is -0.156. The summed E-state index contributed by atoms with van der Waals surface area (Å²) >= 11 is 0. The third-order valence-electron chi connectivity index (χ3n) is 7.09. The molecule has 0 saturated carbocycles. The summed E-state index contributed by atoms with van der Waals surface area (Å²) in [6.45, 7) is 6.27. The molecule has 1 heterocycles. The molecular formula is C27H32N2O5. The van der Waals surface area contributed by atoms with Crippen molar-refractivity contribution in [3.63, 3.8) is 0 Å². The molecule has 0 unspecified atom stereocenters. The molecule has 2 aliphatic rings. The maximum atomic E-state index is 12.9. The van der Waals surface area contributed by atoms with E-state index in [0.29, 0.717) is 19.4 Å². The van der Waals surface area contributed by atoms with E-state index < -0.39 is 23.0 Å². The molecule has 2 N–H and O–H groups in total. The van der Waals surface area contributed by atoms with Crippen molar-refractivity contribution in [1.82, 2.24) is 10.2 Å². The first-order valence-electron chi connectivity index (χ1n) is 11.8. The van der Waals surface area contributed by atoms with E-state index in [0.717, 1.165) is 11.1 Å². The lowest BCUT2D eigenvalue weighted by atomic mass is 9.88. The molecule has 2 aromatic rings. The second-order valence-electron chi connectivity index (χ2n) is 10.2. The van der Waals surface area contributed by atoms with Gasteiger partial charge in [-0.1, -0.05) is 62.4 Å². The number of fused-ring (bicyclic) bond motifs is 3. The minimum atomic E-state index is -1.16. The van der Waals surface area contributed by atoms with Gasteiger partial charge >= 0.3 is 12.1 Å². The van der Waals surface area contributed by atoms with Gasteiger partial charge in [-0.05, 0) is 47.4 Å². The van der Waals surface area contributed by atoms with Gasteiger partial charge in [0, 0.05) is 25.4 Å². The fourth-order valence-electron chi connectivity index (χ4n) is 5.11. The third kappa shape index (κ3) is 4.52. The number of carboxylic acid groups (broad SMARTS) is 1. The second-order valence-corrected chi connectivity index (χ2v) is 10.2. The van der Waals surface area contributed by atoms with E-state index in [2.05, 4.69) is 29.6 Å². The summed E-state index contributed by atoms with van der Waals surface area (Å²) in [7, 11) is 0. The smallest absolute Gasteiger partial charge is 0.407 e. The first-order chi connectivity index (χ1) is 16.1. The fraction of sp³-hybridized carbons (Fsp3) is 0.444. The van der Waals surface area contributed by atoms with Gasteiger partial charge in [0.05, 0.1) is 0 Å². The topological polar surface area (TPSA) is 95.9 Å². The number of hydrogen-bond acceptors (Lipinski definition) is 4. The largest absolute Gasteiger partial charge is 0.480 e. The lowest BCUT2D eigenvalue weighted by Crippen LogP contribution is -2.52. The van der Waals surface area contributed by atoms with E-state index in [1.807, 2.05) is 38.1 Å². The molecular weight excluding hydrogens is 432 g/mol. The molecule has 7 nitrogen and oxygen atoms in total. The van der Waals surface area contributed by atoms with E-state index in [1.165, 1.54) is 16.0 Å². The van der Waals surface area contributed by atoms with E-state index in [9.17, 15) is 19.5 Å². The van der Waals surface area contributed by atoms with Crippen molar-refractivity contribution in [1.29, 1.82) is 0 Å². The van der Waals surface area contributed by atoms with Crippen LogP contribution in [0, 0.1) is 5.41 Å². The van der Waals surface area contributed by atoms with Crippen LogP contribution in [0.4, 0.5) is 4.79 Å². The maximum absolute atomic E-state index is 12.9. The van der Waals surface area contributed by atoms with Gasteiger partial charge in [-0.3, -0.25) is 4.79 Å². The first kappa shape index (κ1) is 23.8. The zero-order valence-electron chi connectivity index (χ0n) is 20.0. The van der Waals surface area contributed by atoms with Gasteiger partial charge < -0.3 is 20.1 Å². The molecule has 180 valence electrons. The molecule has 0 radical (unpaired) electrons. The van der Waals surface area contributed by atoms with Crippen LogP contribution in [0.1, 0.15) is 57.1 Å². The molecule has 0 bridgehead atoms. The number of aliphatic carboxylic acids is 1. The highest BCUT2D eigenvalue weighted by atomic mass is 16.5. The first-order valence-corrected chi connectivity index (χ1v) is 11.8. The Hall–Kier alpha value is -3.35. The Labute approximate surface area is 200 Å². The average molecular weight is 465 g/mol. The molecule has 1 atom stereocenters.